The Hall–Kier alpha value is -3.08. The topological polar surface area (TPSA) is 112 Å². The summed E-state index contributed by atoms with van der Waals surface area (Å²) in [7, 11) is 0. The number of rotatable bonds is 7. The van der Waals surface area contributed by atoms with Crippen molar-refractivity contribution in [3.8, 4) is 6.07 Å². The Morgan fingerprint density at radius 2 is 1.82 bits per heavy atom. The molecule has 1 saturated carbocycles. The van der Waals surface area contributed by atoms with Crippen LogP contribution in [-0.2, 0) is 14.3 Å². The van der Waals surface area contributed by atoms with Gasteiger partial charge >= 0.3 is 6.09 Å². The van der Waals surface area contributed by atoms with E-state index in [1.807, 2.05) is 25.1 Å². The fourth-order valence-corrected chi connectivity index (χ4v) is 4.04. The van der Waals surface area contributed by atoms with Crippen LogP contribution in [0.3, 0.4) is 0 Å². The molecule has 8 nitrogen and oxygen atoms in total. The van der Waals surface area contributed by atoms with E-state index in [2.05, 4.69) is 10.6 Å². The number of aryl methyl sites for hydroxylation is 1. The largest absolute Gasteiger partial charge is 0.444 e. The van der Waals surface area contributed by atoms with Crippen LogP contribution < -0.4 is 10.6 Å². The van der Waals surface area contributed by atoms with Crippen molar-refractivity contribution in [2.24, 2.45) is 0 Å². The zero-order chi connectivity index (χ0) is 24.6. The molecule has 3 amide bonds. The molecule has 2 unspecified atom stereocenters. The first-order chi connectivity index (χ1) is 15.5. The van der Waals surface area contributed by atoms with E-state index in [-0.39, 0.29) is 18.5 Å². The van der Waals surface area contributed by atoms with Gasteiger partial charge in [0, 0.05) is 6.04 Å². The number of hydrogen-bond donors (Lipinski definition) is 2. The van der Waals surface area contributed by atoms with Gasteiger partial charge in [0.15, 0.2) is 0 Å². The lowest BCUT2D eigenvalue weighted by molar-refractivity contribution is -0.141. The van der Waals surface area contributed by atoms with Crippen LogP contribution in [0.1, 0.15) is 77.0 Å². The normalized spacial score (nSPS) is 16.1. The summed E-state index contributed by atoms with van der Waals surface area (Å²) in [6, 6.07) is 7.42. The van der Waals surface area contributed by atoms with E-state index in [4.69, 9.17) is 4.74 Å². The average Bonchev–Trinajstić information content (AvgIpc) is 2.73. The highest BCUT2D eigenvalue weighted by Gasteiger charge is 2.36. The first-order valence-corrected chi connectivity index (χ1v) is 11.6. The second-order valence-corrected chi connectivity index (χ2v) is 9.59. The number of nitrogens with one attached hydrogen (secondary N) is 2. The van der Waals surface area contributed by atoms with E-state index in [9.17, 15) is 19.6 Å². The van der Waals surface area contributed by atoms with E-state index in [0.29, 0.717) is 5.56 Å². The van der Waals surface area contributed by atoms with Crippen molar-refractivity contribution in [3.63, 3.8) is 0 Å². The van der Waals surface area contributed by atoms with Crippen LogP contribution in [0.2, 0.25) is 0 Å². The predicted molar refractivity (Wildman–Crippen MR) is 125 cm³/mol. The molecule has 1 aromatic rings. The summed E-state index contributed by atoms with van der Waals surface area (Å²) in [5, 5.41) is 15.1. The minimum Gasteiger partial charge on any atom is -0.444 e. The van der Waals surface area contributed by atoms with Crippen LogP contribution >= 0.6 is 0 Å². The van der Waals surface area contributed by atoms with Crippen molar-refractivity contribution in [1.29, 1.82) is 5.26 Å². The molecule has 0 saturated heterocycles. The van der Waals surface area contributed by atoms with E-state index in [1.165, 1.54) is 11.8 Å². The van der Waals surface area contributed by atoms with Crippen molar-refractivity contribution in [3.05, 3.63) is 35.4 Å². The molecule has 0 spiro atoms. The third-order valence-corrected chi connectivity index (χ3v) is 5.62. The van der Waals surface area contributed by atoms with Gasteiger partial charge in [0.25, 0.3) is 0 Å². The zero-order valence-corrected chi connectivity index (χ0v) is 20.3. The fourth-order valence-electron chi connectivity index (χ4n) is 4.04. The summed E-state index contributed by atoms with van der Waals surface area (Å²) >= 11 is 0. The Bertz CT molecular complexity index is 881. The molecule has 0 heterocycles. The summed E-state index contributed by atoms with van der Waals surface area (Å²) in [4.78, 5) is 40.3. The molecule has 0 aromatic heterocycles. The van der Waals surface area contributed by atoms with Crippen LogP contribution in [0.25, 0.3) is 0 Å². The molecule has 2 atom stereocenters. The smallest absolute Gasteiger partial charge is 0.408 e. The minimum absolute atomic E-state index is 0.0501. The quantitative estimate of drug-likeness (QED) is 0.607. The molecule has 1 aliphatic carbocycles. The number of hydrogen-bond acceptors (Lipinski definition) is 5. The third-order valence-electron chi connectivity index (χ3n) is 5.62. The van der Waals surface area contributed by atoms with Gasteiger partial charge in [-0.15, -0.1) is 0 Å². The number of amides is 3. The van der Waals surface area contributed by atoms with Crippen molar-refractivity contribution in [2.45, 2.75) is 90.4 Å². The Morgan fingerprint density at radius 1 is 1.18 bits per heavy atom. The number of ether oxygens (including phenoxy) is 1. The summed E-state index contributed by atoms with van der Waals surface area (Å²) in [5.41, 5.74) is 0.770. The van der Waals surface area contributed by atoms with E-state index in [1.54, 1.807) is 32.9 Å². The third kappa shape index (κ3) is 7.77. The van der Waals surface area contributed by atoms with E-state index >= 15 is 0 Å². The Kier molecular flexibility index (Phi) is 9.27. The lowest BCUT2D eigenvalue weighted by atomic mass is 9.94. The highest BCUT2D eigenvalue weighted by Crippen LogP contribution is 2.27. The summed E-state index contributed by atoms with van der Waals surface area (Å²) < 4.78 is 5.25. The maximum Gasteiger partial charge on any atom is 0.408 e. The summed E-state index contributed by atoms with van der Waals surface area (Å²) in [5.74, 6) is -0.848. The maximum atomic E-state index is 13.5. The first-order valence-electron chi connectivity index (χ1n) is 11.6. The van der Waals surface area contributed by atoms with Crippen molar-refractivity contribution >= 4 is 17.9 Å². The summed E-state index contributed by atoms with van der Waals surface area (Å²) in [6.45, 7) is 8.27. The molecule has 0 aliphatic heterocycles. The van der Waals surface area contributed by atoms with Gasteiger partial charge in [0.1, 0.15) is 24.2 Å². The first kappa shape index (κ1) is 26.2. The molecule has 0 bridgehead atoms. The SMILES string of the molecule is Cc1ccccc1C(C(=O)NC1CCCCC1)N(CC#N)C(=O)C(C)NC(=O)OC(C)(C)C. The molecule has 2 N–H and O–H groups in total. The molecular formula is C25H36N4O4. The molecule has 33 heavy (non-hydrogen) atoms. The number of carbonyl (C=O) groups is 3. The number of nitriles is 1. The van der Waals surface area contributed by atoms with Crippen LogP contribution in [0.15, 0.2) is 24.3 Å². The number of carbonyl (C=O) groups excluding carboxylic acids is 3. The molecule has 2 rings (SSSR count). The van der Waals surface area contributed by atoms with Crippen molar-refractivity contribution in [2.75, 3.05) is 6.54 Å². The second-order valence-electron chi connectivity index (χ2n) is 9.59. The summed E-state index contributed by atoms with van der Waals surface area (Å²) in [6.07, 6.45) is 4.32. The molecule has 1 aliphatic rings. The van der Waals surface area contributed by atoms with Gasteiger partial charge in [-0.25, -0.2) is 4.79 Å². The Morgan fingerprint density at radius 3 is 2.39 bits per heavy atom. The number of nitrogens with zero attached hydrogens (tertiary/aromatic N) is 2. The van der Waals surface area contributed by atoms with Crippen LogP contribution in [0.4, 0.5) is 4.79 Å². The van der Waals surface area contributed by atoms with Gasteiger partial charge in [-0.05, 0) is 58.6 Å². The number of benzene rings is 1. The van der Waals surface area contributed by atoms with Gasteiger partial charge in [0.2, 0.25) is 11.8 Å². The predicted octanol–water partition coefficient (Wildman–Crippen LogP) is 3.75. The van der Waals surface area contributed by atoms with Crippen LogP contribution in [-0.4, -0.2) is 47.0 Å². The monoisotopic (exact) mass is 456 g/mol. The molecule has 1 aromatic carbocycles. The molecule has 180 valence electrons. The highest BCUT2D eigenvalue weighted by atomic mass is 16.6. The zero-order valence-electron chi connectivity index (χ0n) is 20.3. The molecular weight excluding hydrogens is 420 g/mol. The minimum atomic E-state index is -0.984. The Balaban J connectivity index is 2.32. The number of alkyl carbamates (subject to hydrolysis) is 1. The van der Waals surface area contributed by atoms with Crippen LogP contribution in [0, 0.1) is 18.3 Å². The lowest BCUT2D eigenvalue weighted by Crippen LogP contribution is -2.53. The standard InChI is InChI=1S/C25H36N4O4/c1-17-11-9-10-14-20(17)21(22(30)28-19-12-7-6-8-13-19)29(16-15-26)23(31)18(2)27-24(32)33-25(3,4)5/h9-11,14,18-19,21H,6-8,12-13,16H2,1-5H3,(H,27,32)(H,28,30). The van der Waals surface area contributed by atoms with Gasteiger partial charge in [-0.1, -0.05) is 43.5 Å². The average molecular weight is 457 g/mol. The van der Waals surface area contributed by atoms with E-state index < -0.39 is 29.7 Å². The second kappa shape index (κ2) is 11.7. The fraction of sp³-hybridized carbons (Fsp3) is 0.600. The van der Waals surface area contributed by atoms with Gasteiger partial charge < -0.3 is 20.3 Å². The van der Waals surface area contributed by atoms with Crippen molar-refractivity contribution < 1.29 is 19.1 Å². The molecule has 1 fully saturated rings. The van der Waals surface area contributed by atoms with Gasteiger partial charge in [-0.3, -0.25) is 9.59 Å². The Labute approximate surface area is 196 Å². The molecule has 8 heteroatoms. The van der Waals surface area contributed by atoms with Gasteiger partial charge in [0.05, 0.1) is 6.07 Å². The van der Waals surface area contributed by atoms with Crippen LogP contribution in [0.5, 0.6) is 0 Å². The molecule has 0 radical (unpaired) electrons. The van der Waals surface area contributed by atoms with E-state index in [0.717, 1.165) is 37.7 Å². The lowest BCUT2D eigenvalue weighted by Gasteiger charge is -2.34. The van der Waals surface area contributed by atoms with Crippen molar-refractivity contribution in [1.82, 2.24) is 15.5 Å². The maximum absolute atomic E-state index is 13.5. The van der Waals surface area contributed by atoms with Gasteiger partial charge in [-0.2, -0.15) is 5.26 Å². The highest BCUT2D eigenvalue weighted by molar-refractivity contribution is 5.92.